The second-order valence-electron chi connectivity index (χ2n) is 6.24. The first-order valence-corrected chi connectivity index (χ1v) is 6.87. The zero-order valence-corrected chi connectivity index (χ0v) is 11.8. The summed E-state index contributed by atoms with van der Waals surface area (Å²) in [5, 5.41) is 3.36. The van der Waals surface area contributed by atoms with Gasteiger partial charge in [-0.3, -0.25) is 0 Å². The van der Waals surface area contributed by atoms with Gasteiger partial charge in [0, 0.05) is 26.2 Å². The first-order valence-electron chi connectivity index (χ1n) is 6.87. The molecule has 0 bridgehead atoms. The van der Waals surface area contributed by atoms with Crippen molar-refractivity contribution >= 4 is 0 Å². The summed E-state index contributed by atoms with van der Waals surface area (Å²) in [7, 11) is 2.07. The van der Waals surface area contributed by atoms with Gasteiger partial charge in [0.15, 0.2) is 0 Å². The number of nitrogens with one attached hydrogen (secondary N) is 1. The van der Waals surface area contributed by atoms with Crippen LogP contribution in [0, 0.1) is 17.3 Å². The van der Waals surface area contributed by atoms with Gasteiger partial charge >= 0.3 is 0 Å². The Labute approximate surface area is 102 Å². The number of likely N-dealkylation sites (tertiary alicyclic amines) is 1. The highest BCUT2D eigenvalue weighted by Gasteiger charge is 2.31. The van der Waals surface area contributed by atoms with Gasteiger partial charge in [0.25, 0.3) is 0 Å². The Balaban J connectivity index is 2.49. The van der Waals surface area contributed by atoms with E-state index in [1.165, 1.54) is 32.5 Å². The molecule has 3 atom stereocenters. The van der Waals surface area contributed by atoms with Gasteiger partial charge in [0.05, 0.1) is 0 Å². The summed E-state index contributed by atoms with van der Waals surface area (Å²) in [5.41, 5.74) is 0.452. The quantitative estimate of drug-likeness (QED) is 0.749. The van der Waals surface area contributed by atoms with Crippen molar-refractivity contribution in [1.82, 2.24) is 10.2 Å². The largest absolute Gasteiger partial charge is 0.319 e. The highest BCUT2D eigenvalue weighted by Crippen LogP contribution is 2.29. The SMILES string of the molecule is CCCC(C)(CNC)CN1CC(C)C(C)C1. The van der Waals surface area contributed by atoms with Crippen LogP contribution in [0.25, 0.3) is 0 Å². The summed E-state index contributed by atoms with van der Waals surface area (Å²) in [6.45, 7) is 14.5. The van der Waals surface area contributed by atoms with E-state index in [2.05, 4.69) is 45.0 Å². The molecule has 1 N–H and O–H groups in total. The standard InChI is InChI=1S/C14H30N2/c1-6-7-14(4,10-15-5)11-16-8-12(2)13(3)9-16/h12-13,15H,6-11H2,1-5H3. The number of rotatable bonds is 6. The third-order valence-electron chi connectivity index (χ3n) is 4.13. The van der Waals surface area contributed by atoms with Crippen molar-refractivity contribution in [3.05, 3.63) is 0 Å². The normalized spacial score (nSPS) is 30.6. The van der Waals surface area contributed by atoms with Crippen LogP contribution in [-0.2, 0) is 0 Å². The minimum atomic E-state index is 0.452. The van der Waals surface area contributed by atoms with Crippen LogP contribution in [-0.4, -0.2) is 38.1 Å². The van der Waals surface area contributed by atoms with Crippen molar-refractivity contribution in [2.24, 2.45) is 17.3 Å². The zero-order chi connectivity index (χ0) is 12.2. The van der Waals surface area contributed by atoms with Gasteiger partial charge in [-0.1, -0.05) is 34.1 Å². The van der Waals surface area contributed by atoms with Crippen molar-refractivity contribution in [2.45, 2.75) is 40.5 Å². The van der Waals surface area contributed by atoms with E-state index in [0.29, 0.717) is 5.41 Å². The Bertz CT molecular complexity index is 187. The first-order chi connectivity index (χ1) is 7.50. The van der Waals surface area contributed by atoms with Crippen LogP contribution in [0.4, 0.5) is 0 Å². The van der Waals surface area contributed by atoms with Gasteiger partial charge in [0.2, 0.25) is 0 Å². The van der Waals surface area contributed by atoms with Crippen LogP contribution in [0.1, 0.15) is 40.5 Å². The van der Waals surface area contributed by atoms with E-state index >= 15 is 0 Å². The maximum absolute atomic E-state index is 3.36. The molecule has 2 nitrogen and oxygen atoms in total. The molecule has 16 heavy (non-hydrogen) atoms. The number of hydrogen-bond acceptors (Lipinski definition) is 2. The minimum Gasteiger partial charge on any atom is -0.319 e. The molecule has 0 aromatic rings. The average molecular weight is 226 g/mol. The Hall–Kier alpha value is -0.0800. The van der Waals surface area contributed by atoms with Crippen molar-refractivity contribution in [3.8, 4) is 0 Å². The van der Waals surface area contributed by atoms with E-state index < -0.39 is 0 Å². The van der Waals surface area contributed by atoms with E-state index in [-0.39, 0.29) is 0 Å². The van der Waals surface area contributed by atoms with Crippen molar-refractivity contribution in [3.63, 3.8) is 0 Å². The molecule has 0 amide bonds. The average Bonchev–Trinajstić information content (AvgIpc) is 2.45. The summed E-state index contributed by atoms with van der Waals surface area (Å²) >= 11 is 0. The lowest BCUT2D eigenvalue weighted by atomic mass is 9.85. The van der Waals surface area contributed by atoms with Gasteiger partial charge in [0.1, 0.15) is 0 Å². The molecule has 0 aromatic carbocycles. The minimum absolute atomic E-state index is 0.452. The summed E-state index contributed by atoms with van der Waals surface area (Å²) < 4.78 is 0. The van der Waals surface area contributed by atoms with Crippen molar-refractivity contribution < 1.29 is 0 Å². The third-order valence-corrected chi connectivity index (χ3v) is 4.13. The van der Waals surface area contributed by atoms with Gasteiger partial charge < -0.3 is 10.2 Å². The lowest BCUT2D eigenvalue weighted by molar-refractivity contribution is 0.170. The monoisotopic (exact) mass is 226 g/mol. The summed E-state index contributed by atoms with van der Waals surface area (Å²) in [5.74, 6) is 1.75. The van der Waals surface area contributed by atoms with Crippen LogP contribution < -0.4 is 5.32 Å². The second-order valence-corrected chi connectivity index (χ2v) is 6.24. The molecular weight excluding hydrogens is 196 g/mol. The number of nitrogens with zero attached hydrogens (tertiary/aromatic N) is 1. The van der Waals surface area contributed by atoms with Crippen molar-refractivity contribution in [1.29, 1.82) is 0 Å². The maximum atomic E-state index is 3.36. The molecule has 1 aliphatic heterocycles. The van der Waals surface area contributed by atoms with Crippen LogP contribution in [0.5, 0.6) is 0 Å². The molecule has 96 valence electrons. The maximum Gasteiger partial charge on any atom is 0.00477 e. The van der Waals surface area contributed by atoms with E-state index in [9.17, 15) is 0 Å². The molecule has 1 aliphatic rings. The smallest absolute Gasteiger partial charge is 0.00477 e. The highest BCUT2D eigenvalue weighted by atomic mass is 15.2. The Kier molecular flexibility index (Phi) is 5.26. The molecule has 2 heteroatoms. The Morgan fingerprint density at radius 3 is 2.25 bits per heavy atom. The molecule has 1 rings (SSSR count). The van der Waals surface area contributed by atoms with Crippen LogP contribution in [0.15, 0.2) is 0 Å². The van der Waals surface area contributed by atoms with Crippen molar-refractivity contribution in [2.75, 3.05) is 33.2 Å². The third kappa shape index (κ3) is 3.74. The van der Waals surface area contributed by atoms with Gasteiger partial charge in [-0.15, -0.1) is 0 Å². The topological polar surface area (TPSA) is 15.3 Å². The highest BCUT2D eigenvalue weighted by molar-refractivity contribution is 4.85. The second kappa shape index (κ2) is 6.02. The molecular formula is C14H30N2. The van der Waals surface area contributed by atoms with Gasteiger partial charge in [-0.05, 0) is 30.7 Å². The Morgan fingerprint density at radius 1 is 1.25 bits per heavy atom. The molecule has 0 aliphatic carbocycles. The van der Waals surface area contributed by atoms with Gasteiger partial charge in [-0.2, -0.15) is 0 Å². The molecule has 3 unspecified atom stereocenters. The van der Waals surface area contributed by atoms with E-state index in [1.807, 2.05) is 0 Å². The predicted molar refractivity (Wildman–Crippen MR) is 71.7 cm³/mol. The molecule has 1 heterocycles. The van der Waals surface area contributed by atoms with E-state index in [1.54, 1.807) is 0 Å². The van der Waals surface area contributed by atoms with Crippen LogP contribution >= 0.6 is 0 Å². The fourth-order valence-electron chi connectivity index (χ4n) is 3.17. The lowest BCUT2D eigenvalue weighted by Gasteiger charge is -2.33. The Morgan fingerprint density at radius 2 is 1.81 bits per heavy atom. The van der Waals surface area contributed by atoms with E-state index in [0.717, 1.165) is 18.4 Å². The van der Waals surface area contributed by atoms with Crippen LogP contribution in [0.3, 0.4) is 0 Å². The van der Waals surface area contributed by atoms with Gasteiger partial charge in [-0.25, -0.2) is 0 Å². The number of hydrogen-bond donors (Lipinski definition) is 1. The molecule has 0 spiro atoms. The molecule has 0 saturated carbocycles. The fourth-order valence-corrected chi connectivity index (χ4v) is 3.17. The van der Waals surface area contributed by atoms with E-state index in [4.69, 9.17) is 0 Å². The molecule has 0 aromatic heterocycles. The molecule has 1 fully saturated rings. The summed E-state index contributed by atoms with van der Waals surface area (Å²) in [4.78, 5) is 2.67. The summed E-state index contributed by atoms with van der Waals surface area (Å²) in [6, 6.07) is 0. The van der Waals surface area contributed by atoms with Crippen LogP contribution in [0.2, 0.25) is 0 Å². The lowest BCUT2D eigenvalue weighted by Crippen LogP contribution is -2.40. The predicted octanol–water partition coefficient (Wildman–Crippen LogP) is 2.60. The molecule has 1 saturated heterocycles. The zero-order valence-electron chi connectivity index (χ0n) is 11.8. The first kappa shape index (κ1) is 14.0. The molecule has 0 radical (unpaired) electrons. The summed E-state index contributed by atoms with van der Waals surface area (Å²) in [6.07, 6.45) is 2.62. The fraction of sp³-hybridized carbons (Fsp3) is 1.00.